The average molecular weight is 570 g/mol. The second-order valence-electron chi connectivity index (χ2n) is 9.09. The van der Waals surface area contributed by atoms with Gasteiger partial charge in [-0.3, -0.25) is 14.6 Å². The average Bonchev–Trinajstić information content (AvgIpc) is 2.83. The van der Waals surface area contributed by atoms with Crippen LogP contribution in [-0.4, -0.2) is 34.7 Å². The number of hydrogen-bond donors (Lipinski definition) is 0. The molecule has 1 fully saturated rings. The smallest absolute Gasteiger partial charge is 0.254 e. The molecule has 1 amide bonds. The minimum atomic E-state index is -0.273. The van der Waals surface area contributed by atoms with Crippen molar-refractivity contribution < 1.29 is 14.0 Å². The first-order valence-corrected chi connectivity index (χ1v) is 12.7. The molecule has 0 saturated carbocycles. The van der Waals surface area contributed by atoms with Crippen LogP contribution in [0.4, 0.5) is 4.39 Å². The zero-order chi connectivity index (χ0) is 24.1. The second-order valence-corrected chi connectivity index (χ2v) is 10.3. The van der Waals surface area contributed by atoms with Gasteiger partial charge in [-0.05, 0) is 83.2 Å². The summed E-state index contributed by atoms with van der Waals surface area (Å²) in [6.45, 7) is 3.29. The Morgan fingerprint density at radius 3 is 2.50 bits per heavy atom. The van der Waals surface area contributed by atoms with Crippen molar-refractivity contribution >= 4 is 34.3 Å². The van der Waals surface area contributed by atoms with Gasteiger partial charge in [0.25, 0.3) is 5.91 Å². The third-order valence-electron chi connectivity index (χ3n) is 6.47. The van der Waals surface area contributed by atoms with E-state index in [0.29, 0.717) is 49.4 Å². The molecule has 1 saturated heterocycles. The first kappa shape index (κ1) is 24.5. The summed E-state index contributed by atoms with van der Waals surface area (Å²) in [5, 5.41) is 0. The largest absolute Gasteiger partial charge is 0.339 e. The molecule has 4 rings (SSSR count). The predicted molar refractivity (Wildman–Crippen MR) is 139 cm³/mol. The van der Waals surface area contributed by atoms with Crippen LogP contribution in [0.1, 0.15) is 51.9 Å². The molecule has 0 N–H and O–H groups in total. The van der Waals surface area contributed by atoms with Gasteiger partial charge < -0.3 is 4.90 Å². The van der Waals surface area contributed by atoms with E-state index in [1.165, 1.54) is 11.6 Å². The molecule has 1 aromatic heterocycles. The van der Waals surface area contributed by atoms with E-state index in [1.807, 2.05) is 42.2 Å². The molecule has 176 valence electrons. The quantitative estimate of drug-likeness (QED) is 0.339. The molecule has 2 heterocycles. The molecule has 6 heteroatoms. The summed E-state index contributed by atoms with van der Waals surface area (Å²) in [4.78, 5) is 31.9. The molecule has 2 aromatic carbocycles. The van der Waals surface area contributed by atoms with Gasteiger partial charge in [-0.15, -0.1) is 0 Å². The van der Waals surface area contributed by atoms with E-state index < -0.39 is 0 Å². The lowest BCUT2D eigenvalue weighted by Gasteiger charge is -2.32. The molecular weight excluding hydrogens is 542 g/mol. The van der Waals surface area contributed by atoms with Gasteiger partial charge in [0.05, 0.1) is 0 Å². The van der Waals surface area contributed by atoms with Gasteiger partial charge in [0.1, 0.15) is 11.6 Å². The summed E-state index contributed by atoms with van der Waals surface area (Å²) in [5.41, 5.74) is 4.09. The molecule has 1 aliphatic heterocycles. The highest BCUT2D eigenvalue weighted by molar-refractivity contribution is 14.1. The maximum Gasteiger partial charge on any atom is 0.254 e. The summed E-state index contributed by atoms with van der Waals surface area (Å²) < 4.78 is 15.2. The van der Waals surface area contributed by atoms with Crippen LogP contribution < -0.4 is 0 Å². The Kier molecular flexibility index (Phi) is 8.08. The van der Waals surface area contributed by atoms with Crippen molar-refractivity contribution in [3.8, 4) is 0 Å². The second kappa shape index (κ2) is 11.2. The van der Waals surface area contributed by atoms with E-state index in [1.54, 1.807) is 24.5 Å². The van der Waals surface area contributed by atoms with E-state index in [9.17, 15) is 14.0 Å². The molecule has 1 aliphatic rings. The summed E-state index contributed by atoms with van der Waals surface area (Å²) >= 11 is 2.08. The Morgan fingerprint density at radius 1 is 1.06 bits per heavy atom. The van der Waals surface area contributed by atoms with Gasteiger partial charge in [0, 0.05) is 53.9 Å². The van der Waals surface area contributed by atoms with Crippen molar-refractivity contribution in [3.63, 3.8) is 0 Å². The maximum absolute atomic E-state index is 14.4. The lowest BCUT2D eigenvalue weighted by molar-refractivity contribution is -0.119. The lowest BCUT2D eigenvalue weighted by atomic mass is 9.89. The fraction of sp³-hybridized carbons (Fsp3) is 0.321. The number of likely N-dealkylation sites (tertiary alicyclic amines) is 1. The summed E-state index contributed by atoms with van der Waals surface area (Å²) in [5.74, 6) is 0.238. The van der Waals surface area contributed by atoms with Gasteiger partial charge in [-0.2, -0.15) is 0 Å². The number of amides is 1. The van der Waals surface area contributed by atoms with Crippen molar-refractivity contribution in [2.75, 3.05) is 13.1 Å². The van der Waals surface area contributed by atoms with Gasteiger partial charge in [-0.25, -0.2) is 4.39 Å². The number of nitrogens with zero attached hydrogens (tertiary/aromatic N) is 2. The minimum absolute atomic E-state index is 0.0484. The Bertz CT molecular complexity index is 1170. The number of piperidine rings is 1. The molecule has 0 spiro atoms. The lowest BCUT2D eigenvalue weighted by Crippen LogP contribution is -2.39. The predicted octanol–water partition coefficient (Wildman–Crippen LogP) is 5.78. The molecule has 0 aliphatic carbocycles. The summed E-state index contributed by atoms with van der Waals surface area (Å²) in [7, 11) is 0. The zero-order valence-electron chi connectivity index (χ0n) is 19.3. The molecule has 3 aromatic rings. The highest BCUT2D eigenvalue weighted by Gasteiger charge is 2.26. The van der Waals surface area contributed by atoms with Crippen molar-refractivity contribution in [1.29, 1.82) is 0 Å². The van der Waals surface area contributed by atoms with Crippen LogP contribution in [0.5, 0.6) is 0 Å². The number of ketones is 1. The molecule has 0 unspecified atom stereocenters. The third-order valence-corrected chi connectivity index (χ3v) is 7.14. The topological polar surface area (TPSA) is 50.3 Å². The molecule has 4 nitrogen and oxygen atoms in total. The SMILES string of the molecule is Cc1ccc(CC(=O)CC2CCN(C(=O)c3ccncc3Cc3ccc(I)cc3F)CC2)cc1. The molecular formula is C28H28FIN2O2. The van der Waals surface area contributed by atoms with E-state index in [-0.39, 0.29) is 17.5 Å². The summed E-state index contributed by atoms with van der Waals surface area (Å²) in [6.07, 6.45) is 6.24. The van der Waals surface area contributed by atoms with Gasteiger partial charge in [0.15, 0.2) is 0 Å². The van der Waals surface area contributed by atoms with Crippen LogP contribution in [0, 0.1) is 22.2 Å². The first-order valence-electron chi connectivity index (χ1n) is 11.6. The highest BCUT2D eigenvalue weighted by Crippen LogP contribution is 2.25. The molecule has 0 atom stereocenters. The number of pyridine rings is 1. The fourth-order valence-corrected chi connectivity index (χ4v) is 4.94. The fourth-order valence-electron chi connectivity index (χ4n) is 4.49. The van der Waals surface area contributed by atoms with E-state index in [4.69, 9.17) is 0 Å². The Labute approximate surface area is 213 Å². The Hall–Kier alpha value is -2.61. The van der Waals surface area contributed by atoms with E-state index in [2.05, 4.69) is 27.6 Å². The van der Waals surface area contributed by atoms with Crippen LogP contribution in [0.15, 0.2) is 60.9 Å². The van der Waals surface area contributed by atoms with E-state index >= 15 is 0 Å². The summed E-state index contributed by atoms with van der Waals surface area (Å²) in [6, 6.07) is 14.9. The maximum atomic E-state index is 14.4. The normalized spacial score (nSPS) is 14.3. The number of carbonyl (C=O) groups is 2. The van der Waals surface area contributed by atoms with Crippen molar-refractivity contribution in [1.82, 2.24) is 9.88 Å². The number of aromatic nitrogens is 1. The monoisotopic (exact) mass is 570 g/mol. The number of halogens is 2. The van der Waals surface area contributed by atoms with Crippen molar-refractivity contribution in [2.45, 2.75) is 39.0 Å². The third kappa shape index (κ3) is 6.29. The number of Topliss-reactive ketones (excluding diaryl/α,β-unsaturated/α-hetero) is 1. The number of hydrogen-bond acceptors (Lipinski definition) is 3. The number of carbonyl (C=O) groups excluding carboxylic acids is 2. The van der Waals surface area contributed by atoms with Crippen LogP contribution in [-0.2, 0) is 17.6 Å². The number of rotatable bonds is 7. The van der Waals surface area contributed by atoms with Gasteiger partial charge >= 0.3 is 0 Å². The molecule has 0 radical (unpaired) electrons. The van der Waals surface area contributed by atoms with Crippen LogP contribution in [0.2, 0.25) is 0 Å². The number of aryl methyl sites for hydroxylation is 1. The van der Waals surface area contributed by atoms with Crippen molar-refractivity contribution in [2.24, 2.45) is 5.92 Å². The highest BCUT2D eigenvalue weighted by atomic mass is 127. The Balaban J connectivity index is 1.34. The van der Waals surface area contributed by atoms with Crippen molar-refractivity contribution in [3.05, 3.63) is 98.1 Å². The van der Waals surface area contributed by atoms with Crippen LogP contribution in [0.3, 0.4) is 0 Å². The molecule has 0 bridgehead atoms. The van der Waals surface area contributed by atoms with Crippen LogP contribution >= 0.6 is 22.6 Å². The first-order chi connectivity index (χ1) is 16.4. The van der Waals surface area contributed by atoms with Gasteiger partial charge in [-0.1, -0.05) is 35.9 Å². The van der Waals surface area contributed by atoms with Gasteiger partial charge in [0.2, 0.25) is 0 Å². The number of benzene rings is 2. The zero-order valence-corrected chi connectivity index (χ0v) is 21.4. The van der Waals surface area contributed by atoms with E-state index in [0.717, 1.165) is 27.5 Å². The molecule has 34 heavy (non-hydrogen) atoms. The Morgan fingerprint density at radius 2 is 1.79 bits per heavy atom. The standard InChI is InChI=1S/C28H28FIN2O2/c1-19-2-4-20(5-3-19)14-25(33)15-21-9-12-32(13-10-21)28(34)26-8-11-31-18-23(26)16-22-6-7-24(30)17-27(22)29/h2-8,11,17-18,21H,9-10,12-16H2,1H3. The van der Waals surface area contributed by atoms with Crippen LogP contribution in [0.25, 0.3) is 0 Å². The minimum Gasteiger partial charge on any atom is -0.339 e.